The lowest BCUT2D eigenvalue weighted by Gasteiger charge is -2.53. The van der Waals surface area contributed by atoms with Gasteiger partial charge in [0.2, 0.25) is 5.91 Å². The quantitative estimate of drug-likeness (QED) is 0.874. The minimum atomic E-state index is -0.0719. The van der Waals surface area contributed by atoms with E-state index >= 15 is 0 Å². The zero-order chi connectivity index (χ0) is 17.1. The smallest absolute Gasteiger partial charge is 0.217 e. The van der Waals surface area contributed by atoms with E-state index in [0.29, 0.717) is 24.2 Å². The Balaban J connectivity index is 1.74. The summed E-state index contributed by atoms with van der Waals surface area (Å²) in [5.74, 6) is 1.32. The third kappa shape index (κ3) is 2.05. The van der Waals surface area contributed by atoms with Gasteiger partial charge in [0.05, 0.1) is 6.10 Å². The Morgan fingerprint density at radius 1 is 1.33 bits per heavy atom. The largest absolute Gasteiger partial charge is 0.508 e. The number of phenols is 1. The molecule has 4 rings (SSSR count). The molecule has 1 saturated heterocycles. The molecule has 4 heteroatoms. The van der Waals surface area contributed by atoms with Crippen LogP contribution in [0.4, 0.5) is 0 Å². The molecule has 4 nitrogen and oxygen atoms in total. The Morgan fingerprint density at radius 2 is 2.08 bits per heavy atom. The molecular formula is C20H27NO3. The number of benzene rings is 1. The number of aromatic hydroxyl groups is 1. The van der Waals surface area contributed by atoms with Crippen LogP contribution in [0, 0.1) is 22.7 Å². The summed E-state index contributed by atoms with van der Waals surface area (Å²) in [7, 11) is 0. The van der Waals surface area contributed by atoms with Gasteiger partial charge in [-0.05, 0) is 48.0 Å². The minimum Gasteiger partial charge on any atom is -0.508 e. The number of carbonyl (C=O) groups is 1. The summed E-state index contributed by atoms with van der Waals surface area (Å²) in [5, 5.41) is 13.6. The van der Waals surface area contributed by atoms with Crippen LogP contribution >= 0.6 is 0 Å². The van der Waals surface area contributed by atoms with E-state index in [4.69, 9.17) is 4.74 Å². The number of hydrogen-bond donors (Lipinski definition) is 2. The van der Waals surface area contributed by atoms with E-state index in [9.17, 15) is 9.90 Å². The zero-order valence-electron chi connectivity index (χ0n) is 14.7. The van der Waals surface area contributed by atoms with Gasteiger partial charge in [-0.2, -0.15) is 0 Å². The fourth-order valence-electron chi connectivity index (χ4n) is 6.03. The summed E-state index contributed by atoms with van der Waals surface area (Å²) in [6.07, 6.45) is 3.19. The first-order valence-corrected chi connectivity index (χ1v) is 9.03. The second-order valence-corrected chi connectivity index (χ2v) is 8.53. The molecule has 24 heavy (non-hydrogen) atoms. The lowest BCUT2D eigenvalue weighted by Crippen LogP contribution is -2.58. The third-order valence-corrected chi connectivity index (χ3v) is 7.10. The van der Waals surface area contributed by atoms with Gasteiger partial charge in [0, 0.05) is 25.1 Å². The van der Waals surface area contributed by atoms with Crippen molar-refractivity contribution in [3.8, 4) is 5.75 Å². The fraction of sp³-hybridized carbons (Fsp3) is 0.650. The Bertz CT molecular complexity index is 671. The molecule has 0 radical (unpaired) electrons. The topological polar surface area (TPSA) is 58.6 Å². The highest BCUT2D eigenvalue weighted by Crippen LogP contribution is 2.70. The van der Waals surface area contributed by atoms with Crippen LogP contribution in [-0.4, -0.2) is 23.7 Å². The highest BCUT2D eigenvalue weighted by molar-refractivity contribution is 5.73. The van der Waals surface area contributed by atoms with E-state index in [2.05, 4.69) is 19.2 Å². The average Bonchev–Trinajstić information content (AvgIpc) is 3.01. The van der Waals surface area contributed by atoms with Crippen LogP contribution in [0.25, 0.3) is 0 Å². The molecule has 1 spiro atoms. The number of rotatable bonds is 2. The molecule has 1 aromatic rings. The molecule has 2 N–H and O–H groups in total. The van der Waals surface area contributed by atoms with E-state index in [-0.39, 0.29) is 28.9 Å². The van der Waals surface area contributed by atoms with Crippen molar-refractivity contribution in [3.05, 3.63) is 29.8 Å². The summed E-state index contributed by atoms with van der Waals surface area (Å²) in [5.41, 5.74) is 1.10. The predicted octanol–water partition coefficient (Wildman–Crippen LogP) is 3.41. The highest BCUT2D eigenvalue weighted by atomic mass is 16.5. The normalized spacial score (nSPS) is 39.5. The van der Waals surface area contributed by atoms with Crippen LogP contribution < -0.4 is 5.32 Å². The zero-order valence-corrected chi connectivity index (χ0v) is 14.7. The SMILES string of the molecule is CC(=O)N[C@H]1C(C)(C)[C@@H]2C[C@@H]3[C@@H](c4ccccc4O)OCC[C@@]31C2. The van der Waals surface area contributed by atoms with Gasteiger partial charge in [0.1, 0.15) is 5.75 Å². The maximum Gasteiger partial charge on any atom is 0.217 e. The molecule has 3 aliphatic rings. The second kappa shape index (κ2) is 5.22. The molecule has 130 valence electrons. The summed E-state index contributed by atoms with van der Waals surface area (Å²) in [4.78, 5) is 11.9. The van der Waals surface area contributed by atoms with Gasteiger partial charge in [-0.1, -0.05) is 32.0 Å². The monoisotopic (exact) mass is 329 g/mol. The standard InChI is InChI=1S/C20H27NO3/c1-12(22)21-18-19(2,3)13-10-15-17(14-6-4-5-7-16(14)23)24-9-8-20(15,18)11-13/h4-7,13,15,17-18,23H,8-11H2,1-3H3,(H,21,22)/t13-,15-,17-,18+,20-/m1/s1. The first kappa shape index (κ1) is 15.9. The molecule has 0 aromatic heterocycles. The molecule has 1 heterocycles. The van der Waals surface area contributed by atoms with E-state index in [1.54, 1.807) is 13.0 Å². The van der Waals surface area contributed by atoms with Gasteiger partial charge in [-0.25, -0.2) is 0 Å². The molecule has 0 unspecified atom stereocenters. The maximum absolute atomic E-state index is 11.9. The molecule has 1 aromatic carbocycles. The summed E-state index contributed by atoms with van der Waals surface area (Å²) in [6, 6.07) is 7.71. The molecule has 2 aliphatic carbocycles. The number of nitrogens with one attached hydrogen (secondary N) is 1. The van der Waals surface area contributed by atoms with E-state index in [1.807, 2.05) is 18.2 Å². The van der Waals surface area contributed by atoms with Gasteiger partial charge in [-0.15, -0.1) is 0 Å². The maximum atomic E-state index is 11.9. The molecule has 2 bridgehead atoms. The van der Waals surface area contributed by atoms with Crippen molar-refractivity contribution in [2.45, 2.75) is 52.2 Å². The van der Waals surface area contributed by atoms with E-state index in [0.717, 1.165) is 24.8 Å². The van der Waals surface area contributed by atoms with Crippen molar-refractivity contribution in [1.29, 1.82) is 0 Å². The van der Waals surface area contributed by atoms with Gasteiger partial charge < -0.3 is 15.2 Å². The molecule has 1 amide bonds. The van der Waals surface area contributed by atoms with Crippen LogP contribution in [0.5, 0.6) is 5.75 Å². The van der Waals surface area contributed by atoms with Crippen molar-refractivity contribution in [2.24, 2.45) is 22.7 Å². The molecule has 5 atom stereocenters. The minimum absolute atomic E-state index is 0.0550. The van der Waals surface area contributed by atoms with Crippen molar-refractivity contribution in [2.75, 3.05) is 6.61 Å². The number of para-hydroxylation sites is 1. The summed E-state index contributed by atoms with van der Waals surface area (Å²) in [6.45, 7) is 6.91. The number of amides is 1. The van der Waals surface area contributed by atoms with Crippen LogP contribution in [0.3, 0.4) is 0 Å². The van der Waals surface area contributed by atoms with E-state index in [1.165, 1.54) is 0 Å². The van der Waals surface area contributed by atoms with Crippen molar-refractivity contribution < 1.29 is 14.6 Å². The molecule has 3 fully saturated rings. The highest BCUT2D eigenvalue weighted by Gasteiger charge is 2.68. The van der Waals surface area contributed by atoms with Crippen molar-refractivity contribution in [1.82, 2.24) is 5.32 Å². The summed E-state index contributed by atoms with van der Waals surface area (Å²) >= 11 is 0. The Labute approximate surface area is 143 Å². The second-order valence-electron chi connectivity index (χ2n) is 8.53. The summed E-state index contributed by atoms with van der Waals surface area (Å²) < 4.78 is 6.15. The Hall–Kier alpha value is -1.55. The van der Waals surface area contributed by atoms with Crippen LogP contribution in [-0.2, 0) is 9.53 Å². The molecule has 1 aliphatic heterocycles. The van der Waals surface area contributed by atoms with Gasteiger partial charge in [0.25, 0.3) is 0 Å². The predicted molar refractivity (Wildman–Crippen MR) is 91.4 cm³/mol. The lowest BCUT2D eigenvalue weighted by molar-refractivity contribution is -0.136. The van der Waals surface area contributed by atoms with Crippen LogP contribution in [0.15, 0.2) is 24.3 Å². The number of phenolic OH excluding ortho intramolecular Hbond substituents is 1. The third-order valence-electron chi connectivity index (χ3n) is 7.10. The van der Waals surface area contributed by atoms with Crippen molar-refractivity contribution in [3.63, 3.8) is 0 Å². The van der Waals surface area contributed by atoms with Crippen molar-refractivity contribution >= 4 is 5.91 Å². The lowest BCUT2D eigenvalue weighted by atomic mass is 9.59. The van der Waals surface area contributed by atoms with Gasteiger partial charge in [-0.3, -0.25) is 4.79 Å². The van der Waals surface area contributed by atoms with E-state index < -0.39 is 0 Å². The molecule has 2 saturated carbocycles. The number of ether oxygens (including phenoxy) is 1. The number of fused-ring (bicyclic) bond motifs is 1. The fourth-order valence-corrected chi connectivity index (χ4v) is 6.03. The number of carbonyl (C=O) groups excluding carboxylic acids is 1. The first-order valence-electron chi connectivity index (χ1n) is 9.03. The average molecular weight is 329 g/mol. The van der Waals surface area contributed by atoms with Crippen LogP contribution in [0.2, 0.25) is 0 Å². The molecular weight excluding hydrogens is 302 g/mol. The van der Waals surface area contributed by atoms with Crippen LogP contribution in [0.1, 0.15) is 51.7 Å². The first-order chi connectivity index (χ1) is 11.4. The number of hydrogen-bond acceptors (Lipinski definition) is 3. The Kier molecular flexibility index (Phi) is 3.47. The van der Waals surface area contributed by atoms with Gasteiger partial charge in [0.15, 0.2) is 0 Å². The Morgan fingerprint density at radius 3 is 2.79 bits per heavy atom. The van der Waals surface area contributed by atoms with Gasteiger partial charge >= 0.3 is 0 Å².